The van der Waals surface area contributed by atoms with Crippen molar-refractivity contribution in [3.05, 3.63) is 30.1 Å². The van der Waals surface area contributed by atoms with Gasteiger partial charge in [-0.25, -0.2) is 12.8 Å². The molecule has 0 amide bonds. The highest BCUT2D eigenvalue weighted by atomic mass is 32.2. The standard InChI is InChI=1S/C10H13FN2O2S2/c1-2-13(17(14,15)7-10(12)16)9-5-3-8(11)4-6-9/h3-6H,2,7H2,1H3,(H2,12,16). The van der Waals surface area contributed by atoms with Crippen LogP contribution in [0.25, 0.3) is 0 Å². The smallest absolute Gasteiger partial charge is 0.241 e. The second-order valence-corrected chi connectivity index (χ2v) is 5.78. The van der Waals surface area contributed by atoms with Crippen LogP contribution in [0, 0.1) is 5.82 Å². The van der Waals surface area contributed by atoms with Crippen LogP contribution < -0.4 is 10.0 Å². The highest BCUT2D eigenvalue weighted by Crippen LogP contribution is 2.18. The summed E-state index contributed by atoms with van der Waals surface area (Å²) in [5, 5.41) is 0. The van der Waals surface area contributed by atoms with Gasteiger partial charge >= 0.3 is 0 Å². The van der Waals surface area contributed by atoms with Gasteiger partial charge in [-0.2, -0.15) is 0 Å². The predicted molar refractivity (Wildman–Crippen MR) is 70.0 cm³/mol. The zero-order valence-electron chi connectivity index (χ0n) is 9.26. The first-order chi connectivity index (χ1) is 7.86. The summed E-state index contributed by atoms with van der Waals surface area (Å²) >= 11 is 4.59. The van der Waals surface area contributed by atoms with E-state index in [2.05, 4.69) is 12.2 Å². The third-order valence-electron chi connectivity index (χ3n) is 2.06. The Morgan fingerprint density at radius 2 is 1.94 bits per heavy atom. The van der Waals surface area contributed by atoms with Gasteiger partial charge < -0.3 is 5.73 Å². The Balaban J connectivity index is 3.07. The first-order valence-electron chi connectivity index (χ1n) is 4.91. The summed E-state index contributed by atoms with van der Waals surface area (Å²) in [6.45, 7) is 1.91. The van der Waals surface area contributed by atoms with Crippen molar-refractivity contribution in [2.45, 2.75) is 6.92 Å². The molecule has 0 aliphatic heterocycles. The number of rotatable bonds is 5. The molecule has 0 unspecified atom stereocenters. The zero-order valence-corrected chi connectivity index (χ0v) is 10.9. The van der Waals surface area contributed by atoms with Gasteiger partial charge in [-0.05, 0) is 31.2 Å². The summed E-state index contributed by atoms with van der Waals surface area (Å²) in [6, 6.07) is 5.20. The van der Waals surface area contributed by atoms with Crippen LogP contribution in [-0.4, -0.2) is 25.7 Å². The minimum absolute atomic E-state index is 0.0921. The number of nitrogens with zero attached hydrogens (tertiary/aromatic N) is 1. The van der Waals surface area contributed by atoms with Gasteiger partial charge in [-0.3, -0.25) is 4.31 Å². The van der Waals surface area contributed by atoms with Crippen molar-refractivity contribution in [2.24, 2.45) is 5.73 Å². The molecule has 0 heterocycles. The molecule has 0 radical (unpaired) electrons. The molecule has 7 heteroatoms. The van der Waals surface area contributed by atoms with Crippen LogP contribution in [-0.2, 0) is 10.0 Å². The SMILES string of the molecule is CCN(c1ccc(F)cc1)S(=O)(=O)CC(N)=S. The molecule has 1 aromatic rings. The van der Waals surface area contributed by atoms with Gasteiger partial charge in [0.15, 0.2) is 0 Å². The predicted octanol–water partition coefficient (Wildman–Crippen LogP) is 1.27. The van der Waals surface area contributed by atoms with Crippen molar-refractivity contribution in [3.63, 3.8) is 0 Å². The first-order valence-corrected chi connectivity index (χ1v) is 6.93. The summed E-state index contributed by atoms with van der Waals surface area (Å²) in [7, 11) is -3.59. The molecule has 0 fully saturated rings. The Labute approximate surface area is 105 Å². The van der Waals surface area contributed by atoms with E-state index >= 15 is 0 Å². The number of benzene rings is 1. The van der Waals surface area contributed by atoms with Gasteiger partial charge in [0.25, 0.3) is 0 Å². The molecule has 1 rings (SSSR count). The molecule has 1 aromatic carbocycles. The van der Waals surface area contributed by atoms with Crippen LogP contribution in [0.1, 0.15) is 6.92 Å². The van der Waals surface area contributed by atoms with E-state index in [0.717, 1.165) is 4.31 Å². The molecule has 17 heavy (non-hydrogen) atoms. The summed E-state index contributed by atoms with van der Waals surface area (Å²) in [6.07, 6.45) is 0. The molecule has 0 saturated carbocycles. The van der Waals surface area contributed by atoms with E-state index in [1.165, 1.54) is 24.3 Å². The van der Waals surface area contributed by atoms with E-state index in [0.29, 0.717) is 5.69 Å². The summed E-state index contributed by atoms with van der Waals surface area (Å²) in [4.78, 5) is -0.0921. The average molecular weight is 276 g/mol. The van der Waals surface area contributed by atoms with Gasteiger partial charge in [0.1, 0.15) is 11.6 Å². The molecule has 0 atom stereocenters. The maximum absolute atomic E-state index is 12.8. The van der Waals surface area contributed by atoms with Gasteiger partial charge in [0.2, 0.25) is 10.0 Å². The van der Waals surface area contributed by atoms with Crippen LogP contribution in [0.15, 0.2) is 24.3 Å². The molecule has 0 spiro atoms. The van der Waals surface area contributed by atoms with Gasteiger partial charge in [-0.1, -0.05) is 12.2 Å². The molecular formula is C10H13FN2O2S2. The molecule has 2 N–H and O–H groups in total. The fourth-order valence-corrected chi connectivity index (χ4v) is 3.20. The largest absolute Gasteiger partial charge is 0.392 e. The van der Waals surface area contributed by atoms with E-state index in [9.17, 15) is 12.8 Å². The quantitative estimate of drug-likeness (QED) is 0.823. The molecule has 4 nitrogen and oxygen atoms in total. The number of anilines is 1. The lowest BCUT2D eigenvalue weighted by atomic mass is 10.3. The minimum atomic E-state index is -3.59. The van der Waals surface area contributed by atoms with Crippen molar-refractivity contribution in [3.8, 4) is 0 Å². The van der Waals surface area contributed by atoms with Crippen LogP contribution in [0.4, 0.5) is 10.1 Å². The second-order valence-electron chi connectivity index (χ2n) is 3.36. The lowest BCUT2D eigenvalue weighted by molar-refractivity contribution is 0.595. The van der Waals surface area contributed by atoms with E-state index in [1.54, 1.807) is 6.92 Å². The molecule has 0 aromatic heterocycles. The lowest BCUT2D eigenvalue weighted by Crippen LogP contribution is -2.36. The Hall–Kier alpha value is -1.21. The third kappa shape index (κ3) is 3.64. The number of hydrogen-bond donors (Lipinski definition) is 1. The Kier molecular flexibility index (Phi) is 4.41. The van der Waals surface area contributed by atoms with Gasteiger partial charge in [0, 0.05) is 6.54 Å². The second kappa shape index (κ2) is 5.42. The number of halogens is 1. The summed E-state index contributed by atoms with van der Waals surface area (Å²) in [5.74, 6) is -0.815. The Morgan fingerprint density at radius 1 is 1.41 bits per heavy atom. The van der Waals surface area contributed by atoms with Crippen molar-refractivity contribution < 1.29 is 12.8 Å². The number of sulfonamides is 1. The fourth-order valence-electron chi connectivity index (χ4n) is 1.40. The molecule has 0 aliphatic rings. The molecule has 0 bridgehead atoms. The van der Waals surface area contributed by atoms with Crippen molar-refractivity contribution in [1.82, 2.24) is 0 Å². The monoisotopic (exact) mass is 276 g/mol. The van der Waals surface area contributed by atoms with Crippen LogP contribution in [0.5, 0.6) is 0 Å². The van der Waals surface area contributed by atoms with Crippen LogP contribution in [0.3, 0.4) is 0 Å². The van der Waals surface area contributed by atoms with Gasteiger partial charge in [0.05, 0.1) is 10.7 Å². The maximum Gasteiger partial charge on any atom is 0.241 e. The van der Waals surface area contributed by atoms with Crippen molar-refractivity contribution >= 4 is 32.9 Å². The Morgan fingerprint density at radius 3 is 2.35 bits per heavy atom. The zero-order chi connectivity index (χ0) is 13.1. The van der Waals surface area contributed by atoms with Crippen LogP contribution in [0.2, 0.25) is 0 Å². The van der Waals surface area contributed by atoms with Gasteiger partial charge in [-0.15, -0.1) is 0 Å². The third-order valence-corrected chi connectivity index (χ3v) is 4.21. The van der Waals surface area contributed by atoms with E-state index in [1.807, 2.05) is 0 Å². The highest BCUT2D eigenvalue weighted by molar-refractivity contribution is 7.95. The van der Waals surface area contributed by atoms with E-state index in [4.69, 9.17) is 5.73 Å². The molecule has 0 aliphatic carbocycles. The number of hydrogen-bond acceptors (Lipinski definition) is 3. The highest BCUT2D eigenvalue weighted by Gasteiger charge is 2.21. The topological polar surface area (TPSA) is 63.4 Å². The van der Waals surface area contributed by atoms with E-state index < -0.39 is 21.6 Å². The van der Waals surface area contributed by atoms with E-state index in [-0.39, 0.29) is 11.5 Å². The average Bonchev–Trinajstić information content (AvgIpc) is 2.19. The number of thiocarbonyl (C=S) groups is 1. The maximum atomic E-state index is 12.8. The van der Waals surface area contributed by atoms with Crippen molar-refractivity contribution in [1.29, 1.82) is 0 Å². The molecule has 0 saturated heterocycles. The van der Waals surface area contributed by atoms with Crippen molar-refractivity contribution in [2.75, 3.05) is 16.6 Å². The minimum Gasteiger partial charge on any atom is -0.392 e. The normalized spacial score (nSPS) is 11.2. The molecular weight excluding hydrogens is 263 g/mol. The number of nitrogens with two attached hydrogens (primary N) is 1. The summed E-state index contributed by atoms with van der Waals surface area (Å²) in [5.41, 5.74) is 5.63. The van der Waals surface area contributed by atoms with Crippen LogP contribution >= 0.6 is 12.2 Å². The fraction of sp³-hybridized carbons (Fsp3) is 0.300. The molecule has 94 valence electrons. The summed E-state index contributed by atoms with van der Waals surface area (Å²) < 4.78 is 37.7. The first kappa shape index (κ1) is 13.9. The lowest BCUT2D eigenvalue weighted by Gasteiger charge is -2.22. The Bertz CT molecular complexity index is 500.